The van der Waals surface area contributed by atoms with Crippen LogP contribution >= 0.6 is 0 Å². The Labute approximate surface area is 240 Å². The average molecular weight is 553 g/mol. The maximum absolute atomic E-state index is 13.3. The van der Waals surface area contributed by atoms with Gasteiger partial charge in [0, 0.05) is 57.1 Å². The Bertz CT molecular complexity index is 1550. The van der Waals surface area contributed by atoms with Gasteiger partial charge in [-0.05, 0) is 66.8 Å². The van der Waals surface area contributed by atoms with E-state index in [4.69, 9.17) is 4.74 Å². The number of aromatic nitrogens is 3. The molecule has 1 saturated heterocycles. The van der Waals surface area contributed by atoms with Crippen LogP contribution < -0.4 is 9.64 Å². The smallest absolute Gasteiger partial charge is 0.242 e. The van der Waals surface area contributed by atoms with E-state index in [0.717, 1.165) is 48.5 Å². The van der Waals surface area contributed by atoms with Gasteiger partial charge in [0.25, 0.3) is 0 Å². The molecule has 2 aromatic heterocycles. The summed E-state index contributed by atoms with van der Waals surface area (Å²) in [5.74, 6) is 1.08. The zero-order valence-electron chi connectivity index (χ0n) is 23.7. The van der Waals surface area contributed by atoms with Gasteiger partial charge in [-0.15, -0.1) is 0 Å². The number of methoxy groups -OCH3 is 1. The first-order valence-corrected chi connectivity index (χ1v) is 14.3. The molecule has 41 heavy (non-hydrogen) atoms. The van der Waals surface area contributed by atoms with E-state index >= 15 is 0 Å². The third kappa shape index (κ3) is 5.62. The molecule has 1 unspecified atom stereocenters. The molecule has 0 aliphatic carbocycles. The summed E-state index contributed by atoms with van der Waals surface area (Å²) in [5.41, 5.74) is 6.38. The molecule has 2 amide bonds. The number of hydrogen-bond acceptors (Lipinski definition) is 6. The van der Waals surface area contributed by atoms with Crippen LogP contribution in [0.2, 0.25) is 0 Å². The van der Waals surface area contributed by atoms with Crippen molar-refractivity contribution in [1.29, 1.82) is 0 Å². The molecule has 4 aromatic rings. The molecule has 0 radical (unpaired) electrons. The van der Waals surface area contributed by atoms with Crippen molar-refractivity contribution in [2.45, 2.75) is 45.3 Å². The van der Waals surface area contributed by atoms with Crippen LogP contribution in [-0.2, 0) is 35.5 Å². The summed E-state index contributed by atoms with van der Waals surface area (Å²) in [6.45, 7) is 5.85. The van der Waals surface area contributed by atoms with E-state index in [1.807, 2.05) is 50.8 Å². The Kier molecular flexibility index (Phi) is 7.59. The number of hydrogen-bond donors (Lipinski definition) is 0. The molecule has 2 aromatic carbocycles. The maximum atomic E-state index is 13.3. The van der Waals surface area contributed by atoms with Gasteiger partial charge in [0.1, 0.15) is 17.8 Å². The number of imidazole rings is 1. The number of amides is 2. The van der Waals surface area contributed by atoms with Gasteiger partial charge in [-0.1, -0.05) is 24.3 Å². The standard InChI is InChI=1S/C32H36N6O3/c1-23-19-35(17-18-38(23)31(40)21-37-22-34-28-6-4-15-33-32(28)37)29-7-3-5-25-14-16-36(20-27(25)29)30(39)13-10-24-8-11-26(41-2)12-9-24/h3-9,11-12,15,22-23H,10,13-14,16-21H2,1-2H3. The second kappa shape index (κ2) is 11.6. The van der Waals surface area contributed by atoms with Crippen LogP contribution in [0.3, 0.4) is 0 Å². The monoisotopic (exact) mass is 552 g/mol. The molecule has 0 spiro atoms. The minimum atomic E-state index is 0.0562. The van der Waals surface area contributed by atoms with Gasteiger partial charge >= 0.3 is 0 Å². The summed E-state index contributed by atoms with van der Waals surface area (Å²) < 4.78 is 7.06. The number of benzene rings is 2. The Morgan fingerprint density at radius 2 is 1.83 bits per heavy atom. The third-order valence-corrected chi connectivity index (χ3v) is 8.36. The van der Waals surface area contributed by atoms with Crippen LogP contribution in [0.1, 0.15) is 30.0 Å². The lowest BCUT2D eigenvalue weighted by Gasteiger charge is -2.42. The Morgan fingerprint density at radius 3 is 2.63 bits per heavy atom. The number of ether oxygens (including phenoxy) is 1. The van der Waals surface area contributed by atoms with E-state index in [9.17, 15) is 9.59 Å². The lowest BCUT2D eigenvalue weighted by Crippen LogP contribution is -2.55. The van der Waals surface area contributed by atoms with E-state index in [1.165, 1.54) is 16.8 Å². The number of carbonyl (C=O) groups is 2. The lowest BCUT2D eigenvalue weighted by molar-refractivity contribution is -0.134. The van der Waals surface area contributed by atoms with E-state index in [1.54, 1.807) is 19.6 Å². The summed E-state index contributed by atoms with van der Waals surface area (Å²) in [6, 6.07) is 18.2. The van der Waals surface area contributed by atoms with Gasteiger partial charge in [0.15, 0.2) is 5.65 Å². The zero-order valence-corrected chi connectivity index (χ0v) is 23.7. The van der Waals surface area contributed by atoms with E-state index < -0.39 is 0 Å². The van der Waals surface area contributed by atoms with Crippen LogP contribution in [-0.4, -0.2) is 75.5 Å². The van der Waals surface area contributed by atoms with Crippen molar-refractivity contribution in [3.05, 3.63) is 83.8 Å². The first kappa shape index (κ1) is 26.8. The van der Waals surface area contributed by atoms with Gasteiger partial charge in [0.05, 0.1) is 13.4 Å². The van der Waals surface area contributed by atoms with Gasteiger partial charge in [-0.3, -0.25) is 9.59 Å². The fourth-order valence-electron chi connectivity index (χ4n) is 6.07. The molecule has 9 heteroatoms. The first-order valence-electron chi connectivity index (χ1n) is 14.3. The Balaban J connectivity index is 1.09. The highest BCUT2D eigenvalue weighted by molar-refractivity contribution is 5.80. The average Bonchev–Trinajstić information content (AvgIpc) is 3.42. The predicted molar refractivity (Wildman–Crippen MR) is 158 cm³/mol. The largest absolute Gasteiger partial charge is 0.497 e. The molecular weight excluding hydrogens is 516 g/mol. The predicted octanol–water partition coefficient (Wildman–Crippen LogP) is 3.69. The van der Waals surface area contributed by atoms with Gasteiger partial charge in [0.2, 0.25) is 11.8 Å². The number of aryl methyl sites for hydroxylation is 1. The lowest BCUT2D eigenvalue weighted by atomic mass is 9.96. The molecule has 212 valence electrons. The minimum Gasteiger partial charge on any atom is -0.497 e. The summed E-state index contributed by atoms with van der Waals surface area (Å²) >= 11 is 0. The summed E-state index contributed by atoms with van der Waals surface area (Å²) in [6.07, 6.45) is 5.48. The van der Waals surface area contributed by atoms with E-state index in [0.29, 0.717) is 25.9 Å². The number of fused-ring (bicyclic) bond motifs is 2. The van der Waals surface area contributed by atoms with Crippen LogP contribution in [0.4, 0.5) is 5.69 Å². The SMILES string of the molecule is COc1ccc(CCC(=O)N2CCc3cccc(N4CCN(C(=O)Cn5cnc6cccnc65)C(C)C4)c3C2)cc1. The van der Waals surface area contributed by atoms with Crippen molar-refractivity contribution < 1.29 is 14.3 Å². The minimum absolute atomic E-state index is 0.0562. The quantitative estimate of drug-likeness (QED) is 0.348. The highest BCUT2D eigenvalue weighted by Crippen LogP contribution is 2.31. The van der Waals surface area contributed by atoms with E-state index in [2.05, 4.69) is 40.0 Å². The van der Waals surface area contributed by atoms with Crippen LogP contribution in [0.15, 0.2) is 67.1 Å². The number of nitrogens with zero attached hydrogens (tertiary/aromatic N) is 6. The topological polar surface area (TPSA) is 83.8 Å². The normalized spacial score (nSPS) is 17.0. The molecule has 0 saturated carbocycles. The van der Waals surface area contributed by atoms with Crippen molar-refractivity contribution in [3.63, 3.8) is 0 Å². The van der Waals surface area contributed by atoms with Crippen molar-refractivity contribution in [2.75, 3.05) is 38.2 Å². The fourth-order valence-corrected chi connectivity index (χ4v) is 6.07. The van der Waals surface area contributed by atoms with Gasteiger partial charge in [-0.2, -0.15) is 0 Å². The van der Waals surface area contributed by atoms with Gasteiger partial charge in [-0.25, -0.2) is 9.97 Å². The van der Waals surface area contributed by atoms with Crippen molar-refractivity contribution >= 4 is 28.7 Å². The number of anilines is 1. The highest BCUT2D eigenvalue weighted by Gasteiger charge is 2.31. The third-order valence-electron chi connectivity index (χ3n) is 8.36. The summed E-state index contributed by atoms with van der Waals surface area (Å²) in [5, 5.41) is 0. The molecule has 0 N–H and O–H groups in total. The van der Waals surface area contributed by atoms with Crippen molar-refractivity contribution in [3.8, 4) is 5.75 Å². The molecule has 1 fully saturated rings. The Morgan fingerprint density at radius 1 is 0.976 bits per heavy atom. The van der Waals surface area contributed by atoms with Crippen molar-refractivity contribution in [2.24, 2.45) is 0 Å². The maximum Gasteiger partial charge on any atom is 0.242 e. The van der Waals surface area contributed by atoms with Crippen LogP contribution in [0.25, 0.3) is 11.2 Å². The molecule has 1 atom stereocenters. The number of rotatable bonds is 7. The molecule has 2 aliphatic rings. The first-order chi connectivity index (χ1) is 20.0. The molecular formula is C32H36N6O3. The number of piperazine rings is 1. The second-order valence-electron chi connectivity index (χ2n) is 10.9. The summed E-state index contributed by atoms with van der Waals surface area (Å²) in [4.78, 5) is 41.6. The molecule has 2 aliphatic heterocycles. The zero-order chi connectivity index (χ0) is 28.3. The number of pyridine rings is 1. The second-order valence-corrected chi connectivity index (χ2v) is 10.9. The molecule has 9 nitrogen and oxygen atoms in total. The Hall–Kier alpha value is -4.40. The molecule has 6 rings (SSSR count). The van der Waals surface area contributed by atoms with Crippen molar-refractivity contribution in [1.82, 2.24) is 24.3 Å². The highest BCUT2D eigenvalue weighted by atomic mass is 16.5. The van der Waals surface area contributed by atoms with E-state index in [-0.39, 0.29) is 24.4 Å². The number of carbonyl (C=O) groups excluding carboxylic acids is 2. The van der Waals surface area contributed by atoms with Gasteiger partial charge < -0.3 is 24.0 Å². The fraction of sp³-hybridized carbons (Fsp3) is 0.375. The molecule has 0 bridgehead atoms. The molecule has 4 heterocycles. The summed E-state index contributed by atoms with van der Waals surface area (Å²) in [7, 11) is 1.66. The van der Waals surface area contributed by atoms with Crippen LogP contribution in [0.5, 0.6) is 5.75 Å². The van der Waals surface area contributed by atoms with Crippen LogP contribution in [0, 0.1) is 0 Å².